The number of hydrogen-bond donors (Lipinski definition) is 1. The van der Waals surface area contributed by atoms with Crippen LogP contribution >= 0.6 is 11.3 Å². The van der Waals surface area contributed by atoms with Gasteiger partial charge < -0.3 is 5.11 Å². The van der Waals surface area contributed by atoms with Crippen molar-refractivity contribution in [3.8, 4) is 0 Å². The maximum atomic E-state index is 9.41. The molecule has 12 heavy (non-hydrogen) atoms. The molecule has 0 spiro atoms. The Morgan fingerprint density at radius 1 is 1.83 bits per heavy atom. The number of rotatable bonds is 3. The number of thiophene rings is 1. The predicted molar refractivity (Wildman–Crippen MR) is 48.0 cm³/mol. The third-order valence-electron chi connectivity index (χ3n) is 1.45. The molecule has 0 radical (unpaired) electrons. The quantitative estimate of drug-likeness (QED) is 0.436. The highest BCUT2D eigenvalue weighted by Gasteiger charge is 2.06. The van der Waals surface area contributed by atoms with Crippen molar-refractivity contribution in [3.05, 3.63) is 32.3 Å². The predicted octanol–water partition coefficient (Wildman–Crippen LogP) is 2.40. The van der Waals surface area contributed by atoms with Crippen molar-refractivity contribution in [3.63, 3.8) is 0 Å². The van der Waals surface area contributed by atoms with E-state index in [4.69, 9.17) is 5.53 Å². The Labute approximate surface area is 74.1 Å². The van der Waals surface area contributed by atoms with Crippen LogP contribution in [0.15, 0.2) is 16.6 Å². The van der Waals surface area contributed by atoms with Gasteiger partial charge in [0.25, 0.3) is 0 Å². The molecule has 0 aliphatic heterocycles. The first kappa shape index (κ1) is 9.06. The second kappa shape index (κ2) is 4.11. The highest BCUT2D eigenvalue weighted by molar-refractivity contribution is 7.10. The summed E-state index contributed by atoms with van der Waals surface area (Å²) in [5.41, 5.74) is 8.84. The highest BCUT2D eigenvalue weighted by Crippen LogP contribution is 2.20. The van der Waals surface area contributed by atoms with Crippen molar-refractivity contribution in [1.82, 2.24) is 0 Å². The maximum absolute atomic E-state index is 9.41. The van der Waals surface area contributed by atoms with Crippen molar-refractivity contribution >= 4 is 11.3 Å². The van der Waals surface area contributed by atoms with Crippen molar-refractivity contribution in [2.45, 2.75) is 13.0 Å². The van der Waals surface area contributed by atoms with Crippen molar-refractivity contribution in [1.29, 1.82) is 0 Å². The Hall–Kier alpha value is -1.03. The summed E-state index contributed by atoms with van der Waals surface area (Å²) in [5.74, 6) is 0. The van der Waals surface area contributed by atoms with E-state index < -0.39 is 6.10 Å². The fourth-order valence-electron chi connectivity index (χ4n) is 0.858. The van der Waals surface area contributed by atoms with Gasteiger partial charge in [-0.25, -0.2) is 0 Å². The molecular weight excluding hydrogens is 174 g/mol. The Balaban J connectivity index is 2.64. The summed E-state index contributed by atoms with van der Waals surface area (Å²) in [6.45, 7) is 2.07. The van der Waals surface area contributed by atoms with Crippen LogP contribution in [0, 0.1) is 6.92 Å². The van der Waals surface area contributed by atoms with Crippen molar-refractivity contribution in [2.24, 2.45) is 5.11 Å². The van der Waals surface area contributed by atoms with Gasteiger partial charge in [-0.1, -0.05) is 5.11 Å². The van der Waals surface area contributed by atoms with Gasteiger partial charge >= 0.3 is 0 Å². The molecule has 64 valence electrons. The summed E-state index contributed by atoms with van der Waals surface area (Å²) >= 11 is 1.57. The summed E-state index contributed by atoms with van der Waals surface area (Å²) in [5, 5.41) is 14.6. The topological polar surface area (TPSA) is 69.0 Å². The molecule has 1 aromatic rings. The third-order valence-corrected chi connectivity index (χ3v) is 2.33. The molecule has 0 aromatic carbocycles. The minimum Gasteiger partial charge on any atom is -0.388 e. The molecule has 0 amide bonds. The molecule has 1 rings (SSSR count). The van der Waals surface area contributed by atoms with E-state index in [-0.39, 0.29) is 6.54 Å². The first-order valence-electron chi connectivity index (χ1n) is 3.48. The number of nitrogens with zero attached hydrogens (tertiary/aromatic N) is 3. The lowest BCUT2D eigenvalue weighted by atomic mass is 10.2. The van der Waals surface area contributed by atoms with E-state index in [9.17, 15) is 5.11 Å². The van der Waals surface area contributed by atoms with E-state index in [2.05, 4.69) is 10.0 Å². The zero-order valence-corrected chi connectivity index (χ0v) is 7.45. The lowest BCUT2D eigenvalue weighted by molar-refractivity contribution is 0.187. The maximum Gasteiger partial charge on any atom is 0.0854 e. The molecule has 0 saturated carbocycles. The third kappa shape index (κ3) is 2.23. The molecule has 1 unspecified atom stereocenters. The standard InChI is InChI=1S/C7H9N3OS/c1-5-2-6(4-12-5)7(11)3-9-10-8/h2,4,7,11H,3H2,1H3. The second-order valence-electron chi connectivity index (χ2n) is 2.42. The summed E-state index contributed by atoms with van der Waals surface area (Å²) in [6, 6.07) is 1.89. The zero-order valence-electron chi connectivity index (χ0n) is 6.64. The molecule has 0 bridgehead atoms. The lowest BCUT2D eigenvalue weighted by Crippen LogP contribution is -1.98. The number of aryl methyl sites for hydroxylation is 1. The molecule has 4 nitrogen and oxygen atoms in total. The van der Waals surface area contributed by atoms with Crippen LogP contribution in [0.1, 0.15) is 16.5 Å². The second-order valence-corrected chi connectivity index (χ2v) is 3.54. The molecule has 0 saturated heterocycles. The number of hydrogen-bond acceptors (Lipinski definition) is 3. The number of azide groups is 1. The van der Waals surface area contributed by atoms with Crippen LogP contribution < -0.4 is 0 Å². The van der Waals surface area contributed by atoms with Crippen LogP contribution in [0.25, 0.3) is 10.4 Å². The average Bonchev–Trinajstić information content (AvgIpc) is 2.47. The van der Waals surface area contributed by atoms with Crippen LogP contribution in [0.5, 0.6) is 0 Å². The minimum absolute atomic E-state index is 0.104. The Bertz CT molecular complexity index is 303. The molecule has 1 heterocycles. The summed E-state index contributed by atoms with van der Waals surface area (Å²) in [4.78, 5) is 3.72. The van der Waals surface area contributed by atoms with E-state index in [0.717, 1.165) is 10.4 Å². The van der Waals surface area contributed by atoms with Gasteiger partial charge in [-0.3, -0.25) is 0 Å². The van der Waals surface area contributed by atoms with Gasteiger partial charge in [0.2, 0.25) is 0 Å². The van der Waals surface area contributed by atoms with Crippen molar-refractivity contribution in [2.75, 3.05) is 6.54 Å². The molecular formula is C7H9N3OS. The molecule has 5 heteroatoms. The van der Waals surface area contributed by atoms with E-state index >= 15 is 0 Å². The van der Waals surface area contributed by atoms with Gasteiger partial charge in [0.05, 0.1) is 12.6 Å². The van der Waals surface area contributed by atoms with E-state index in [1.54, 1.807) is 11.3 Å². The average molecular weight is 183 g/mol. The van der Waals surface area contributed by atoms with Crippen LogP contribution in [0.2, 0.25) is 0 Å². The van der Waals surface area contributed by atoms with E-state index in [1.807, 2.05) is 18.4 Å². The summed E-state index contributed by atoms with van der Waals surface area (Å²) in [6.07, 6.45) is -0.661. The van der Waals surface area contributed by atoms with Gasteiger partial charge in [-0.15, -0.1) is 11.3 Å². The molecule has 1 atom stereocenters. The van der Waals surface area contributed by atoms with Crippen LogP contribution in [-0.2, 0) is 0 Å². The van der Waals surface area contributed by atoms with E-state index in [0.29, 0.717) is 0 Å². The van der Waals surface area contributed by atoms with Gasteiger partial charge in [0, 0.05) is 9.79 Å². The SMILES string of the molecule is Cc1cc(C(O)CN=[N+]=[N-])cs1. The normalized spacial score (nSPS) is 12.2. The van der Waals surface area contributed by atoms with Crippen molar-refractivity contribution < 1.29 is 5.11 Å². The van der Waals surface area contributed by atoms with E-state index in [1.165, 1.54) is 0 Å². The summed E-state index contributed by atoms with van der Waals surface area (Å²) in [7, 11) is 0. The van der Waals surface area contributed by atoms with Crippen LogP contribution in [0.4, 0.5) is 0 Å². The fourth-order valence-corrected chi connectivity index (χ4v) is 1.61. The van der Waals surface area contributed by atoms with Gasteiger partial charge in [-0.05, 0) is 29.5 Å². The van der Waals surface area contributed by atoms with Gasteiger partial charge in [0.15, 0.2) is 0 Å². The smallest absolute Gasteiger partial charge is 0.0854 e. The van der Waals surface area contributed by atoms with Gasteiger partial charge in [-0.2, -0.15) is 0 Å². The Morgan fingerprint density at radius 3 is 3.08 bits per heavy atom. The first-order chi connectivity index (χ1) is 5.74. The first-order valence-corrected chi connectivity index (χ1v) is 4.36. The number of aliphatic hydroxyl groups is 1. The Morgan fingerprint density at radius 2 is 2.58 bits per heavy atom. The monoisotopic (exact) mass is 183 g/mol. The molecule has 1 aromatic heterocycles. The largest absolute Gasteiger partial charge is 0.388 e. The number of aliphatic hydroxyl groups excluding tert-OH is 1. The molecule has 0 fully saturated rings. The minimum atomic E-state index is -0.661. The van der Waals surface area contributed by atoms with Crippen LogP contribution in [0.3, 0.4) is 0 Å². The summed E-state index contributed by atoms with van der Waals surface area (Å²) < 4.78 is 0. The van der Waals surface area contributed by atoms with Crippen LogP contribution in [-0.4, -0.2) is 11.7 Å². The zero-order chi connectivity index (χ0) is 8.97. The molecule has 0 aliphatic carbocycles. The molecule has 0 aliphatic rings. The highest BCUT2D eigenvalue weighted by atomic mass is 32.1. The lowest BCUT2D eigenvalue weighted by Gasteiger charge is -2.02. The Kier molecular flexibility index (Phi) is 3.10. The fraction of sp³-hybridized carbons (Fsp3) is 0.429. The van der Waals surface area contributed by atoms with Gasteiger partial charge in [0.1, 0.15) is 0 Å². The molecule has 1 N–H and O–H groups in total.